The summed E-state index contributed by atoms with van der Waals surface area (Å²) >= 11 is 6.39. The Kier molecular flexibility index (Phi) is 5.52. The average Bonchev–Trinajstić information content (AvgIpc) is 2.40. The second kappa shape index (κ2) is 6.99. The molecule has 0 spiro atoms. The first-order valence-corrected chi connectivity index (χ1v) is 9.59. The summed E-state index contributed by atoms with van der Waals surface area (Å²) < 4.78 is 23.5. The predicted octanol–water partition coefficient (Wildman–Crippen LogP) is 2.46. The van der Waals surface area contributed by atoms with Gasteiger partial charge in [-0.15, -0.1) is 0 Å². The Morgan fingerprint density at radius 2 is 2.19 bits per heavy atom. The van der Waals surface area contributed by atoms with Crippen LogP contribution in [-0.4, -0.2) is 39.1 Å². The third kappa shape index (κ3) is 4.11. The van der Waals surface area contributed by atoms with Crippen LogP contribution >= 0.6 is 11.6 Å². The van der Waals surface area contributed by atoms with Crippen LogP contribution in [0.2, 0.25) is 5.02 Å². The van der Waals surface area contributed by atoms with Gasteiger partial charge >= 0.3 is 0 Å². The van der Waals surface area contributed by atoms with Crippen LogP contribution in [-0.2, 0) is 16.4 Å². The molecular weight excluding hydrogens is 308 g/mol. The highest BCUT2D eigenvalue weighted by Gasteiger charge is 2.30. The van der Waals surface area contributed by atoms with Crippen molar-refractivity contribution in [1.29, 1.82) is 0 Å². The Hall–Kier alpha value is -0.780. The Bertz CT molecular complexity index is 589. The minimum atomic E-state index is -2.92. The second-order valence-electron chi connectivity index (χ2n) is 5.58. The summed E-state index contributed by atoms with van der Waals surface area (Å²) in [5, 5.41) is 4.08. The average molecular weight is 331 g/mol. The first-order chi connectivity index (χ1) is 9.94. The molecular formula is C15H23ClN2O2S. The molecule has 0 aromatic heterocycles. The van der Waals surface area contributed by atoms with Gasteiger partial charge < -0.3 is 10.2 Å². The van der Waals surface area contributed by atoms with E-state index in [1.807, 2.05) is 19.1 Å². The van der Waals surface area contributed by atoms with Crippen LogP contribution in [0.15, 0.2) is 18.2 Å². The van der Waals surface area contributed by atoms with E-state index in [1.54, 1.807) is 0 Å². The zero-order valence-corrected chi connectivity index (χ0v) is 14.2. The highest BCUT2D eigenvalue weighted by Crippen LogP contribution is 2.33. The summed E-state index contributed by atoms with van der Waals surface area (Å²) in [5.74, 6) is 0.393. The SMILES string of the molecule is CCCNCc1cccc(Cl)c1N1CCS(=O)(=O)CC1C. The van der Waals surface area contributed by atoms with E-state index >= 15 is 0 Å². The van der Waals surface area contributed by atoms with Crippen molar-refractivity contribution in [2.24, 2.45) is 0 Å². The van der Waals surface area contributed by atoms with Gasteiger partial charge in [-0.05, 0) is 31.5 Å². The first kappa shape index (κ1) is 16.6. The van der Waals surface area contributed by atoms with Crippen LogP contribution in [0.5, 0.6) is 0 Å². The second-order valence-corrected chi connectivity index (χ2v) is 8.22. The maximum atomic E-state index is 11.7. The largest absolute Gasteiger partial charge is 0.365 e. The number of para-hydroxylation sites is 1. The number of hydrogen-bond donors (Lipinski definition) is 1. The van der Waals surface area contributed by atoms with Gasteiger partial charge in [0.2, 0.25) is 0 Å². The molecule has 1 saturated heterocycles. The summed E-state index contributed by atoms with van der Waals surface area (Å²) in [4.78, 5) is 2.13. The summed E-state index contributed by atoms with van der Waals surface area (Å²) in [6.07, 6.45) is 1.08. The lowest BCUT2D eigenvalue weighted by atomic mass is 10.1. The minimum absolute atomic E-state index is 0.0476. The standard InChI is InChI=1S/C15H23ClN2O2S/c1-3-7-17-10-13-5-4-6-14(16)15(13)18-8-9-21(19,20)11-12(18)2/h4-6,12,17H,3,7-11H2,1-2H3. The number of nitrogens with one attached hydrogen (secondary N) is 1. The number of halogens is 1. The van der Waals surface area contributed by atoms with E-state index < -0.39 is 9.84 Å². The normalized spacial score (nSPS) is 21.5. The fraction of sp³-hybridized carbons (Fsp3) is 0.600. The number of anilines is 1. The molecule has 0 bridgehead atoms. The summed E-state index contributed by atoms with van der Waals surface area (Å²) in [7, 11) is -2.92. The maximum Gasteiger partial charge on any atom is 0.154 e. The zero-order chi connectivity index (χ0) is 15.5. The van der Waals surface area contributed by atoms with Crippen molar-refractivity contribution in [3.8, 4) is 0 Å². The predicted molar refractivity (Wildman–Crippen MR) is 88.9 cm³/mol. The Balaban J connectivity index is 2.25. The van der Waals surface area contributed by atoms with E-state index in [0.29, 0.717) is 11.6 Å². The van der Waals surface area contributed by atoms with Gasteiger partial charge in [0.25, 0.3) is 0 Å². The molecule has 1 aromatic carbocycles. The summed E-state index contributed by atoms with van der Waals surface area (Å²) in [5.41, 5.74) is 2.10. The molecule has 1 heterocycles. The van der Waals surface area contributed by atoms with Crippen molar-refractivity contribution in [3.63, 3.8) is 0 Å². The molecule has 4 nitrogen and oxygen atoms in total. The first-order valence-electron chi connectivity index (χ1n) is 7.40. The number of hydrogen-bond acceptors (Lipinski definition) is 4. The zero-order valence-electron chi connectivity index (χ0n) is 12.6. The Labute approximate surface area is 132 Å². The molecule has 0 saturated carbocycles. The van der Waals surface area contributed by atoms with Gasteiger partial charge in [0.15, 0.2) is 9.84 Å². The summed E-state index contributed by atoms with van der Waals surface area (Å²) in [6.45, 7) is 6.29. The molecule has 118 valence electrons. The molecule has 21 heavy (non-hydrogen) atoms. The lowest BCUT2D eigenvalue weighted by molar-refractivity contribution is 0.567. The lowest BCUT2D eigenvalue weighted by Gasteiger charge is -2.37. The van der Waals surface area contributed by atoms with Crippen molar-refractivity contribution in [2.45, 2.75) is 32.9 Å². The third-order valence-electron chi connectivity index (χ3n) is 3.77. The van der Waals surface area contributed by atoms with Gasteiger partial charge in [0, 0.05) is 19.1 Å². The number of benzene rings is 1. The highest BCUT2D eigenvalue weighted by molar-refractivity contribution is 7.91. The van der Waals surface area contributed by atoms with Crippen molar-refractivity contribution < 1.29 is 8.42 Å². The van der Waals surface area contributed by atoms with Crippen LogP contribution in [0, 0.1) is 0 Å². The molecule has 0 amide bonds. The molecule has 1 unspecified atom stereocenters. The molecule has 1 fully saturated rings. The highest BCUT2D eigenvalue weighted by atomic mass is 35.5. The van der Waals surface area contributed by atoms with E-state index in [1.165, 1.54) is 0 Å². The molecule has 1 atom stereocenters. The molecule has 1 aliphatic rings. The fourth-order valence-corrected chi connectivity index (χ4v) is 4.61. The minimum Gasteiger partial charge on any atom is -0.365 e. The van der Waals surface area contributed by atoms with E-state index in [2.05, 4.69) is 23.2 Å². The van der Waals surface area contributed by atoms with E-state index in [9.17, 15) is 8.42 Å². The van der Waals surface area contributed by atoms with Crippen molar-refractivity contribution in [3.05, 3.63) is 28.8 Å². The smallest absolute Gasteiger partial charge is 0.154 e. The third-order valence-corrected chi connectivity index (χ3v) is 5.87. The van der Waals surface area contributed by atoms with Crippen LogP contribution in [0.1, 0.15) is 25.8 Å². The van der Waals surface area contributed by atoms with Crippen LogP contribution in [0.4, 0.5) is 5.69 Å². The lowest BCUT2D eigenvalue weighted by Crippen LogP contribution is -2.47. The topological polar surface area (TPSA) is 49.4 Å². The van der Waals surface area contributed by atoms with Crippen LogP contribution in [0.3, 0.4) is 0 Å². The molecule has 2 rings (SSSR count). The monoisotopic (exact) mass is 330 g/mol. The van der Waals surface area contributed by atoms with E-state index in [0.717, 1.165) is 30.8 Å². The van der Waals surface area contributed by atoms with E-state index in [-0.39, 0.29) is 17.5 Å². The van der Waals surface area contributed by atoms with Gasteiger partial charge in [0.05, 0.1) is 22.2 Å². The van der Waals surface area contributed by atoms with Gasteiger partial charge in [0.1, 0.15) is 0 Å². The van der Waals surface area contributed by atoms with E-state index in [4.69, 9.17) is 11.6 Å². The Morgan fingerprint density at radius 3 is 2.86 bits per heavy atom. The van der Waals surface area contributed by atoms with Crippen LogP contribution < -0.4 is 10.2 Å². The molecule has 0 radical (unpaired) electrons. The van der Waals surface area contributed by atoms with Crippen LogP contribution in [0.25, 0.3) is 0 Å². The quantitative estimate of drug-likeness (QED) is 0.843. The van der Waals surface area contributed by atoms with Gasteiger partial charge in [-0.25, -0.2) is 8.42 Å². The van der Waals surface area contributed by atoms with Crippen molar-refractivity contribution >= 4 is 27.1 Å². The van der Waals surface area contributed by atoms with Gasteiger partial charge in [-0.3, -0.25) is 0 Å². The Morgan fingerprint density at radius 1 is 1.43 bits per heavy atom. The van der Waals surface area contributed by atoms with Crippen molar-refractivity contribution in [1.82, 2.24) is 5.32 Å². The number of nitrogens with zero attached hydrogens (tertiary/aromatic N) is 1. The molecule has 1 N–H and O–H groups in total. The maximum absolute atomic E-state index is 11.7. The molecule has 0 aliphatic carbocycles. The number of sulfone groups is 1. The molecule has 6 heteroatoms. The molecule has 1 aliphatic heterocycles. The fourth-order valence-electron chi connectivity index (χ4n) is 2.75. The molecule has 1 aromatic rings. The number of rotatable bonds is 5. The summed E-state index contributed by atoms with van der Waals surface area (Å²) in [6, 6.07) is 5.82. The van der Waals surface area contributed by atoms with Gasteiger partial charge in [-0.2, -0.15) is 0 Å². The van der Waals surface area contributed by atoms with Crippen molar-refractivity contribution in [2.75, 3.05) is 29.5 Å². The van der Waals surface area contributed by atoms with Gasteiger partial charge in [-0.1, -0.05) is 30.7 Å².